The fourth-order valence-corrected chi connectivity index (χ4v) is 2.83. The molecule has 0 amide bonds. The Morgan fingerprint density at radius 1 is 1.22 bits per heavy atom. The van der Waals surface area contributed by atoms with Gasteiger partial charge in [0.25, 0.3) is 0 Å². The van der Waals surface area contributed by atoms with Crippen LogP contribution in [0, 0.1) is 5.92 Å². The van der Waals surface area contributed by atoms with E-state index < -0.39 is 0 Å². The summed E-state index contributed by atoms with van der Waals surface area (Å²) in [5.74, 6) is 1.75. The first-order valence-electron chi connectivity index (χ1n) is 7.20. The molecule has 0 saturated heterocycles. The van der Waals surface area contributed by atoms with E-state index in [0.717, 1.165) is 37.5 Å². The Kier molecular flexibility index (Phi) is 7.44. The average Bonchev–Trinajstić information content (AvgIpc) is 2.73. The second kappa shape index (κ2) is 8.59. The predicted octanol–water partition coefficient (Wildman–Crippen LogP) is 3.45. The molecule has 0 bridgehead atoms. The van der Waals surface area contributed by atoms with E-state index in [0.29, 0.717) is 6.04 Å². The monoisotopic (exact) mass is 269 g/mol. The molecule has 0 aliphatic carbocycles. The quantitative estimate of drug-likeness (QED) is 0.746. The largest absolute Gasteiger partial charge is 0.314 e. The lowest BCUT2D eigenvalue weighted by Gasteiger charge is -2.19. The number of aromatic nitrogens is 2. The zero-order chi connectivity index (χ0) is 13.4. The SMILES string of the molecule is CCCNC(Cc1nc(CCC)ns1)CC(C)C. The van der Waals surface area contributed by atoms with Crippen LogP contribution in [0.15, 0.2) is 0 Å². The number of nitrogens with zero attached hydrogens (tertiary/aromatic N) is 2. The first kappa shape index (κ1) is 15.6. The van der Waals surface area contributed by atoms with Crippen LogP contribution in [0.2, 0.25) is 0 Å². The fraction of sp³-hybridized carbons (Fsp3) is 0.857. The number of rotatable bonds is 9. The molecule has 3 nitrogen and oxygen atoms in total. The number of aryl methyl sites for hydroxylation is 1. The van der Waals surface area contributed by atoms with Gasteiger partial charge >= 0.3 is 0 Å². The third-order valence-electron chi connectivity index (χ3n) is 2.84. The normalized spacial score (nSPS) is 13.2. The van der Waals surface area contributed by atoms with Crippen molar-refractivity contribution in [2.75, 3.05) is 6.54 Å². The van der Waals surface area contributed by atoms with Gasteiger partial charge in [0.1, 0.15) is 10.8 Å². The molecule has 1 heterocycles. The van der Waals surface area contributed by atoms with Gasteiger partial charge in [0.15, 0.2) is 0 Å². The van der Waals surface area contributed by atoms with E-state index in [1.54, 1.807) is 11.5 Å². The zero-order valence-electron chi connectivity index (χ0n) is 12.2. The van der Waals surface area contributed by atoms with Crippen LogP contribution in [0.4, 0.5) is 0 Å². The molecule has 0 aliphatic heterocycles. The molecule has 1 aromatic heterocycles. The summed E-state index contributed by atoms with van der Waals surface area (Å²) in [5.41, 5.74) is 0. The Morgan fingerprint density at radius 2 is 2.00 bits per heavy atom. The molecule has 0 radical (unpaired) electrons. The van der Waals surface area contributed by atoms with Gasteiger partial charge in [0.2, 0.25) is 0 Å². The van der Waals surface area contributed by atoms with Gasteiger partial charge in [-0.2, -0.15) is 4.37 Å². The second-order valence-electron chi connectivity index (χ2n) is 5.34. The summed E-state index contributed by atoms with van der Waals surface area (Å²) >= 11 is 1.58. The van der Waals surface area contributed by atoms with Crippen LogP contribution in [-0.2, 0) is 12.8 Å². The van der Waals surface area contributed by atoms with Gasteiger partial charge in [-0.3, -0.25) is 0 Å². The number of hydrogen-bond donors (Lipinski definition) is 1. The van der Waals surface area contributed by atoms with Gasteiger partial charge in [-0.1, -0.05) is 27.7 Å². The highest BCUT2D eigenvalue weighted by Crippen LogP contribution is 2.13. The van der Waals surface area contributed by atoms with Crippen LogP contribution in [0.5, 0.6) is 0 Å². The molecule has 104 valence electrons. The minimum atomic E-state index is 0.548. The van der Waals surface area contributed by atoms with Crippen molar-refractivity contribution in [2.24, 2.45) is 5.92 Å². The second-order valence-corrected chi connectivity index (χ2v) is 6.18. The van der Waals surface area contributed by atoms with E-state index in [1.165, 1.54) is 17.8 Å². The van der Waals surface area contributed by atoms with Crippen molar-refractivity contribution in [3.05, 3.63) is 10.8 Å². The molecule has 4 heteroatoms. The molecule has 1 aromatic rings. The van der Waals surface area contributed by atoms with E-state index in [-0.39, 0.29) is 0 Å². The molecule has 0 spiro atoms. The van der Waals surface area contributed by atoms with Crippen molar-refractivity contribution in [1.82, 2.24) is 14.7 Å². The van der Waals surface area contributed by atoms with E-state index in [2.05, 4.69) is 42.4 Å². The topological polar surface area (TPSA) is 37.8 Å². The third kappa shape index (κ3) is 5.91. The molecule has 18 heavy (non-hydrogen) atoms. The summed E-state index contributed by atoms with van der Waals surface area (Å²) < 4.78 is 4.42. The Hall–Kier alpha value is -0.480. The van der Waals surface area contributed by atoms with Crippen LogP contribution < -0.4 is 5.32 Å². The summed E-state index contributed by atoms with van der Waals surface area (Å²) in [7, 11) is 0. The van der Waals surface area contributed by atoms with Gasteiger partial charge < -0.3 is 5.32 Å². The molecule has 1 unspecified atom stereocenters. The van der Waals surface area contributed by atoms with Crippen molar-refractivity contribution >= 4 is 11.5 Å². The summed E-state index contributed by atoms with van der Waals surface area (Å²) in [6.07, 6.45) is 5.56. The highest BCUT2D eigenvalue weighted by molar-refractivity contribution is 7.05. The number of nitrogens with one attached hydrogen (secondary N) is 1. The van der Waals surface area contributed by atoms with E-state index in [4.69, 9.17) is 0 Å². The van der Waals surface area contributed by atoms with Crippen molar-refractivity contribution in [1.29, 1.82) is 0 Å². The van der Waals surface area contributed by atoms with Gasteiger partial charge in [-0.15, -0.1) is 0 Å². The van der Waals surface area contributed by atoms with Gasteiger partial charge in [-0.05, 0) is 43.3 Å². The van der Waals surface area contributed by atoms with Gasteiger partial charge in [-0.25, -0.2) is 4.98 Å². The first-order chi connectivity index (χ1) is 8.65. The summed E-state index contributed by atoms with van der Waals surface area (Å²) in [4.78, 5) is 4.62. The van der Waals surface area contributed by atoms with Crippen LogP contribution in [0.1, 0.15) is 57.8 Å². The highest BCUT2D eigenvalue weighted by atomic mass is 32.1. The fourth-order valence-electron chi connectivity index (χ4n) is 2.07. The molecule has 0 saturated carbocycles. The van der Waals surface area contributed by atoms with E-state index >= 15 is 0 Å². The first-order valence-corrected chi connectivity index (χ1v) is 7.97. The Morgan fingerprint density at radius 3 is 2.61 bits per heavy atom. The maximum Gasteiger partial charge on any atom is 0.142 e. The van der Waals surface area contributed by atoms with Gasteiger partial charge in [0, 0.05) is 18.9 Å². The minimum absolute atomic E-state index is 0.548. The van der Waals surface area contributed by atoms with Crippen LogP contribution in [0.25, 0.3) is 0 Å². The maximum atomic E-state index is 4.62. The van der Waals surface area contributed by atoms with Crippen molar-refractivity contribution in [2.45, 2.75) is 65.8 Å². The summed E-state index contributed by atoms with van der Waals surface area (Å²) in [6, 6.07) is 0.548. The van der Waals surface area contributed by atoms with Crippen molar-refractivity contribution in [3.63, 3.8) is 0 Å². The Labute approximate surface area is 116 Å². The van der Waals surface area contributed by atoms with Crippen molar-refractivity contribution in [3.8, 4) is 0 Å². The third-order valence-corrected chi connectivity index (χ3v) is 3.61. The molecule has 0 aliphatic rings. The minimum Gasteiger partial charge on any atom is -0.314 e. The maximum absolute atomic E-state index is 4.62. The Balaban J connectivity index is 2.51. The molecule has 1 rings (SSSR count). The van der Waals surface area contributed by atoms with Crippen LogP contribution >= 0.6 is 11.5 Å². The zero-order valence-corrected chi connectivity index (χ0v) is 13.0. The lowest BCUT2D eigenvalue weighted by atomic mass is 10.0. The number of hydrogen-bond acceptors (Lipinski definition) is 4. The smallest absolute Gasteiger partial charge is 0.142 e. The molecule has 0 aromatic carbocycles. The summed E-state index contributed by atoms with van der Waals surface area (Å²) in [6.45, 7) is 10.0. The van der Waals surface area contributed by atoms with Crippen LogP contribution in [-0.4, -0.2) is 21.9 Å². The summed E-state index contributed by atoms with van der Waals surface area (Å²) in [5, 5.41) is 4.82. The molecule has 1 atom stereocenters. The predicted molar refractivity (Wildman–Crippen MR) is 79.1 cm³/mol. The van der Waals surface area contributed by atoms with Crippen molar-refractivity contribution < 1.29 is 0 Å². The molecule has 1 N–H and O–H groups in total. The van der Waals surface area contributed by atoms with Crippen LogP contribution in [0.3, 0.4) is 0 Å². The average molecular weight is 269 g/mol. The van der Waals surface area contributed by atoms with E-state index in [9.17, 15) is 0 Å². The molecule has 0 fully saturated rings. The molecular formula is C14H27N3S. The molecular weight excluding hydrogens is 242 g/mol. The van der Waals surface area contributed by atoms with Gasteiger partial charge in [0.05, 0.1) is 0 Å². The standard InChI is InChI=1S/C14H27N3S/c1-5-7-13-16-14(18-17-13)10-12(9-11(3)4)15-8-6-2/h11-12,15H,5-10H2,1-4H3. The van der Waals surface area contributed by atoms with E-state index in [1.807, 2.05) is 0 Å². The lowest BCUT2D eigenvalue weighted by Crippen LogP contribution is -2.33. The lowest BCUT2D eigenvalue weighted by molar-refractivity contribution is 0.415. The highest BCUT2D eigenvalue weighted by Gasteiger charge is 2.13. The Bertz CT molecular complexity index is 323.